The maximum absolute atomic E-state index is 11.5. The van der Waals surface area contributed by atoms with E-state index in [1.54, 1.807) is 27.0 Å². The molecule has 1 heterocycles. The fourth-order valence-corrected chi connectivity index (χ4v) is 1.12. The van der Waals surface area contributed by atoms with Gasteiger partial charge in [-0.1, -0.05) is 0 Å². The molecular weight excluding hydrogens is 222 g/mol. The second-order valence-electron chi connectivity index (χ2n) is 4.54. The Kier molecular flexibility index (Phi) is 4.25. The first kappa shape index (κ1) is 13.2. The highest BCUT2D eigenvalue weighted by atomic mass is 16.6. The number of hydrogen-bond acceptors (Lipinski definition) is 4. The lowest BCUT2D eigenvalue weighted by Crippen LogP contribution is -2.34. The molecule has 0 atom stereocenters. The van der Waals surface area contributed by atoms with Gasteiger partial charge in [0.1, 0.15) is 11.9 Å². The van der Waals surface area contributed by atoms with Crippen LogP contribution < -0.4 is 5.32 Å². The second-order valence-corrected chi connectivity index (χ2v) is 4.54. The smallest absolute Gasteiger partial charge is 0.407 e. The van der Waals surface area contributed by atoms with Crippen molar-refractivity contribution in [3.63, 3.8) is 0 Å². The molecular formula is C11H17N3O3. The molecule has 17 heavy (non-hydrogen) atoms. The molecule has 0 fully saturated rings. The van der Waals surface area contributed by atoms with Crippen LogP contribution in [0.25, 0.3) is 0 Å². The largest absolute Gasteiger partial charge is 0.444 e. The summed E-state index contributed by atoms with van der Waals surface area (Å²) >= 11 is 0. The monoisotopic (exact) mass is 239 g/mol. The van der Waals surface area contributed by atoms with Crippen molar-refractivity contribution < 1.29 is 14.3 Å². The van der Waals surface area contributed by atoms with Crippen LogP contribution in [0.4, 0.5) is 4.79 Å². The summed E-state index contributed by atoms with van der Waals surface area (Å²) in [5, 5.41) is 2.52. The number of imidazole rings is 1. The maximum Gasteiger partial charge on any atom is 0.407 e. The zero-order valence-corrected chi connectivity index (χ0v) is 10.3. The number of nitrogens with one attached hydrogen (secondary N) is 1. The molecule has 0 saturated carbocycles. The first-order chi connectivity index (χ1) is 7.88. The van der Waals surface area contributed by atoms with Gasteiger partial charge < -0.3 is 10.1 Å². The Morgan fingerprint density at radius 1 is 1.41 bits per heavy atom. The van der Waals surface area contributed by atoms with Gasteiger partial charge in [-0.2, -0.15) is 0 Å². The van der Waals surface area contributed by atoms with Crippen molar-refractivity contribution in [1.29, 1.82) is 0 Å². The molecule has 94 valence electrons. The molecule has 0 aromatic carbocycles. The predicted octanol–water partition coefficient (Wildman–Crippen LogP) is 1.44. The fraction of sp³-hybridized carbons (Fsp3) is 0.545. The number of aromatic nitrogens is 2. The van der Waals surface area contributed by atoms with Gasteiger partial charge >= 0.3 is 6.09 Å². The summed E-state index contributed by atoms with van der Waals surface area (Å²) in [6, 6.07) is 0. The molecule has 0 radical (unpaired) electrons. The van der Waals surface area contributed by atoms with E-state index >= 15 is 0 Å². The van der Waals surface area contributed by atoms with Gasteiger partial charge in [-0.25, -0.2) is 9.78 Å². The Bertz CT molecular complexity index is 379. The van der Waals surface area contributed by atoms with Crippen molar-refractivity contribution >= 4 is 12.0 Å². The number of carbonyl (C=O) groups is 2. The molecule has 1 aromatic heterocycles. The lowest BCUT2D eigenvalue weighted by molar-refractivity contribution is 0.0527. The number of rotatable bonds is 3. The fourth-order valence-electron chi connectivity index (χ4n) is 1.12. The van der Waals surface area contributed by atoms with Crippen LogP contribution in [0.1, 0.15) is 32.0 Å². The Morgan fingerprint density at radius 3 is 2.65 bits per heavy atom. The molecule has 0 aliphatic carbocycles. The maximum atomic E-state index is 11.5. The Labute approximate surface area is 100.0 Å². The van der Waals surface area contributed by atoms with Gasteiger partial charge in [0, 0.05) is 25.4 Å². The molecule has 0 spiro atoms. The van der Waals surface area contributed by atoms with Gasteiger partial charge in [0.2, 0.25) is 5.91 Å². The molecule has 0 unspecified atom stereocenters. The number of amides is 1. The quantitative estimate of drug-likeness (QED) is 0.866. The summed E-state index contributed by atoms with van der Waals surface area (Å²) in [6.07, 6.45) is 4.20. The summed E-state index contributed by atoms with van der Waals surface area (Å²) in [5.41, 5.74) is -0.529. The van der Waals surface area contributed by atoms with E-state index in [0.717, 1.165) is 0 Å². The lowest BCUT2D eigenvalue weighted by atomic mass is 10.2. The molecule has 6 heteroatoms. The number of hydrogen-bond donors (Lipinski definition) is 1. The van der Waals surface area contributed by atoms with Crippen LogP contribution >= 0.6 is 0 Å². The van der Waals surface area contributed by atoms with Crippen LogP contribution in [0.3, 0.4) is 0 Å². The molecule has 0 saturated heterocycles. The van der Waals surface area contributed by atoms with Gasteiger partial charge in [0.25, 0.3) is 0 Å². The summed E-state index contributed by atoms with van der Waals surface area (Å²) in [4.78, 5) is 26.5. The SMILES string of the molecule is CC(C)(C)OC(=O)NCCC(=O)n1ccnc1. The van der Waals surface area contributed by atoms with Gasteiger partial charge in [-0.05, 0) is 20.8 Å². The van der Waals surface area contributed by atoms with Crippen molar-refractivity contribution in [2.24, 2.45) is 0 Å². The highest BCUT2D eigenvalue weighted by molar-refractivity contribution is 5.79. The van der Waals surface area contributed by atoms with E-state index < -0.39 is 11.7 Å². The summed E-state index contributed by atoms with van der Waals surface area (Å²) < 4.78 is 6.40. The highest BCUT2D eigenvalue weighted by Gasteiger charge is 2.15. The van der Waals surface area contributed by atoms with E-state index in [1.165, 1.54) is 17.1 Å². The van der Waals surface area contributed by atoms with Crippen molar-refractivity contribution in [2.45, 2.75) is 32.8 Å². The topological polar surface area (TPSA) is 73.2 Å². The van der Waals surface area contributed by atoms with E-state index in [2.05, 4.69) is 10.3 Å². The van der Waals surface area contributed by atoms with Crippen molar-refractivity contribution in [3.05, 3.63) is 18.7 Å². The third-order valence-corrected chi connectivity index (χ3v) is 1.80. The molecule has 6 nitrogen and oxygen atoms in total. The Hall–Kier alpha value is -1.85. The molecule has 1 N–H and O–H groups in total. The minimum absolute atomic E-state index is 0.126. The molecule has 1 aromatic rings. The van der Waals surface area contributed by atoms with Crippen molar-refractivity contribution in [3.8, 4) is 0 Å². The van der Waals surface area contributed by atoms with Gasteiger partial charge in [-0.15, -0.1) is 0 Å². The van der Waals surface area contributed by atoms with Gasteiger partial charge in [-0.3, -0.25) is 9.36 Å². The number of ether oxygens (including phenoxy) is 1. The van der Waals surface area contributed by atoms with Gasteiger partial charge in [0.15, 0.2) is 0 Å². The first-order valence-corrected chi connectivity index (χ1v) is 5.36. The van der Waals surface area contributed by atoms with Crippen LogP contribution in [-0.2, 0) is 4.74 Å². The zero-order valence-electron chi connectivity index (χ0n) is 10.3. The van der Waals surface area contributed by atoms with E-state index in [1.807, 2.05) is 0 Å². The van der Waals surface area contributed by atoms with E-state index in [9.17, 15) is 9.59 Å². The molecule has 1 amide bonds. The highest BCUT2D eigenvalue weighted by Crippen LogP contribution is 2.06. The number of alkyl carbamates (subject to hydrolysis) is 1. The van der Waals surface area contributed by atoms with Crippen molar-refractivity contribution in [1.82, 2.24) is 14.9 Å². The third kappa shape index (κ3) is 5.14. The standard InChI is InChI=1S/C11H17N3O3/c1-11(2,3)17-10(16)13-5-4-9(15)14-7-6-12-8-14/h6-8H,4-5H2,1-3H3,(H,13,16). The van der Waals surface area contributed by atoms with Gasteiger partial charge in [0.05, 0.1) is 0 Å². The Morgan fingerprint density at radius 2 is 2.12 bits per heavy atom. The predicted molar refractivity (Wildman–Crippen MR) is 61.7 cm³/mol. The molecule has 0 aliphatic heterocycles. The molecule has 0 aliphatic rings. The molecule has 0 bridgehead atoms. The average molecular weight is 239 g/mol. The zero-order chi connectivity index (χ0) is 12.9. The number of carbonyl (C=O) groups excluding carboxylic acids is 2. The van der Waals surface area contributed by atoms with E-state index in [4.69, 9.17) is 4.74 Å². The summed E-state index contributed by atoms with van der Waals surface area (Å²) in [7, 11) is 0. The van der Waals surface area contributed by atoms with E-state index in [0.29, 0.717) is 0 Å². The first-order valence-electron chi connectivity index (χ1n) is 5.36. The van der Waals surface area contributed by atoms with E-state index in [-0.39, 0.29) is 18.9 Å². The summed E-state index contributed by atoms with van der Waals surface area (Å²) in [6.45, 7) is 5.58. The average Bonchev–Trinajstić information content (AvgIpc) is 2.66. The summed E-state index contributed by atoms with van der Waals surface area (Å²) in [5.74, 6) is -0.126. The normalized spacial score (nSPS) is 11.0. The minimum Gasteiger partial charge on any atom is -0.444 e. The molecule has 1 rings (SSSR count). The van der Waals surface area contributed by atoms with Crippen LogP contribution in [0, 0.1) is 0 Å². The van der Waals surface area contributed by atoms with Crippen LogP contribution in [0.2, 0.25) is 0 Å². The van der Waals surface area contributed by atoms with Crippen LogP contribution in [0.15, 0.2) is 18.7 Å². The minimum atomic E-state index is -0.529. The number of nitrogens with zero attached hydrogens (tertiary/aromatic N) is 2. The lowest BCUT2D eigenvalue weighted by Gasteiger charge is -2.19. The van der Waals surface area contributed by atoms with Crippen molar-refractivity contribution in [2.75, 3.05) is 6.54 Å². The Balaban J connectivity index is 2.24. The van der Waals surface area contributed by atoms with Crippen LogP contribution in [0.5, 0.6) is 0 Å². The van der Waals surface area contributed by atoms with Crippen LogP contribution in [-0.4, -0.2) is 33.7 Å². The second kappa shape index (κ2) is 5.47. The third-order valence-electron chi connectivity index (χ3n) is 1.80.